The molecule has 94 valence electrons. The highest BCUT2D eigenvalue weighted by Crippen LogP contribution is 2.19. The number of pyridine rings is 1. The Morgan fingerprint density at radius 2 is 2.00 bits per heavy atom. The van der Waals surface area contributed by atoms with Crippen LogP contribution >= 0.6 is 0 Å². The molecular formula is C13H16N4O. The highest BCUT2D eigenvalue weighted by atomic mass is 16.5. The first-order chi connectivity index (χ1) is 8.83. The molecule has 2 aromatic heterocycles. The Balaban J connectivity index is 2.39. The zero-order chi connectivity index (χ0) is 12.8. The number of hydrogen-bond acceptors (Lipinski definition) is 5. The number of methoxy groups -OCH3 is 1. The summed E-state index contributed by atoms with van der Waals surface area (Å²) in [4.78, 5) is 12.9. The van der Waals surface area contributed by atoms with Crippen molar-refractivity contribution in [1.82, 2.24) is 15.0 Å². The molecule has 0 amide bonds. The van der Waals surface area contributed by atoms with E-state index in [0.29, 0.717) is 12.4 Å². The highest BCUT2D eigenvalue weighted by Gasteiger charge is 2.06. The van der Waals surface area contributed by atoms with Crippen LogP contribution in [0.3, 0.4) is 0 Å². The Morgan fingerprint density at radius 1 is 1.22 bits per heavy atom. The van der Waals surface area contributed by atoms with Gasteiger partial charge < -0.3 is 10.1 Å². The number of nitrogens with zero attached hydrogens (tertiary/aromatic N) is 3. The molecule has 2 heterocycles. The van der Waals surface area contributed by atoms with Crippen LogP contribution in [0.1, 0.15) is 12.7 Å². The van der Waals surface area contributed by atoms with Gasteiger partial charge in [-0.15, -0.1) is 0 Å². The lowest BCUT2D eigenvalue weighted by Crippen LogP contribution is -2.05. The highest BCUT2D eigenvalue weighted by molar-refractivity contribution is 5.61. The number of rotatable bonds is 5. The predicted molar refractivity (Wildman–Crippen MR) is 70.1 cm³/mol. The SMILES string of the molecule is CCNc1cc(-c2ccncc2)nc(COC)n1. The van der Waals surface area contributed by atoms with Crippen LogP contribution in [0.4, 0.5) is 5.82 Å². The van der Waals surface area contributed by atoms with Crippen molar-refractivity contribution in [2.24, 2.45) is 0 Å². The number of nitrogens with one attached hydrogen (secondary N) is 1. The fourth-order valence-electron chi connectivity index (χ4n) is 1.63. The van der Waals surface area contributed by atoms with Gasteiger partial charge in [-0.05, 0) is 19.1 Å². The summed E-state index contributed by atoms with van der Waals surface area (Å²) in [6, 6.07) is 5.78. The zero-order valence-electron chi connectivity index (χ0n) is 10.6. The Bertz CT molecular complexity index is 477. The molecule has 0 atom stereocenters. The molecule has 0 spiro atoms. The molecule has 0 aliphatic heterocycles. The molecule has 0 aromatic carbocycles. The Hall–Kier alpha value is -2.01. The van der Waals surface area contributed by atoms with Gasteiger partial charge in [-0.2, -0.15) is 0 Å². The molecule has 0 radical (unpaired) electrons. The average molecular weight is 244 g/mol. The zero-order valence-corrected chi connectivity index (χ0v) is 10.6. The average Bonchev–Trinajstić information content (AvgIpc) is 2.40. The van der Waals surface area contributed by atoms with Crippen LogP contribution in [-0.4, -0.2) is 28.6 Å². The minimum atomic E-state index is 0.400. The molecule has 0 bridgehead atoms. The van der Waals surface area contributed by atoms with Crippen LogP contribution in [0, 0.1) is 0 Å². The van der Waals surface area contributed by atoms with E-state index in [9.17, 15) is 0 Å². The van der Waals surface area contributed by atoms with E-state index in [-0.39, 0.29) is 0 Å². The molecule has 1 N–H and O–H groups in total. The smallest absolute Gasteiger partial charge is 0.157 e. The van der Waals surface area contributed by atoms with E-state index >= 15 is 0 Å². The number of hydrogen-bond donors (Lipinski definition) is 1. The van der Waals surface area contributed by atoms with Gasteiger partial charge in [0.25, 0.3) is 0 Å². The van der Waals surface area contributed by atoms with Crippen LogP contribution in [0.15, 0.2) is 30.6 Å². The van der Waals surface area contributed by atoms with Gasteiger partial charge in [0.05, 0.1) is 5.69 Å². The monoisotopic (exact) mass is 244 g/mol. The summed E-state index contributed by atoms with van der Waals surface area (Å²) in [6.07, 6.45) is 3.50. The van der Waals surface area contributed by atoms with E-state index in [1.54, 1.807) is 19.5 Å². The van der Waals surface area contributed by atoms with Crippen LogP contribution in [-0.2, 0) is 11.3 Å². The van der Waals surface area contributed by atoms with Crippen molar-refractivity contribution in [1.29, 1.82) is 0 Å². The summed E-state index contributed by atoms with van der Waals surface area (Å²) in [7, 11) is 1.63. The van der Waals surface area contributed by atoms with Gasteiger partial charge >= 0.3 is 0 Å². The molecule has 18 heavy (non-hydrogen) atoms. The van der Waals surface area contributed by atoms with E-state index < -0.39 is 0 Å². The van der Waals surface area contributed by atoms with Gasteiger partial charge in [0.1, 0.15) is 12.4 Å². The van der Waals surface area contributed by atoms with E-state index in [2.05, 4.69) is 20.3 Å². The fourth-order valence-corrected chi connectivity index (χ4v) is 1.63. The molecule has 0 aliphatic carbocycles. The first-order valence-electron chi connectivity index (χ1n) is 5.84. The first kappa shape index (κ1) is 12.4. The summed E-state index contributed by atoms with van der Waals surface area (Å²) < 4.78 is 5.09. The largest absolute Gasteiger partial charge is 0.377 e. The predicted octanol–water partition coefficient (Wildman–Crippen LogP) is 2.12. The second-order valence-electron chi connectivity index (χ2n) is 3.75. The molecule has 0 unspecified atom stereocenters. The van der Waals surface area contributed by atoms with E-state index in [0.717, 1.165) is 23.6 Å². The van der Waals surface area contributed by atoms with Crippen molar-refractivity contribution in [2.45, 2.75) is 13.5 Å². The second-order valence-corrected chi connectivity index (χ2v) is 3.75. The number of anilines is 1. The number of aromatic nitrogens is 3. The van der Waals surface area contributed by atoms with Gasteiger partial charge in [-0.3, -0.25) is 4.98 Å². The van der Waals surface area contributed by atoms with Gasteiger partial charge in [0.15, 0.2) is 5.82 Å². The molecule has 2 aromatic rings. The Kier molecular flexibility index (Phi) is 4.20. The van der Waals surface area contributed by atoms with Gasteiger partial charge in [0.2, 0.25) is 0 Å². The lowest BCUT2D eigenvalue weighted by molar-refractivity contribution is 0.178. The second kappa shape index (κ2) is 6.07. The lowest BCUT2D eigenvalue weighted by Gasteiger charge is -2.08. The third-order valence-corrected chi connectivity index (χ3v) is 2.38. The summed E-state index contributed by atoms with van der Waals surface area (Å²) >= 11 is 0. The van der Waals surface area contributed by atoms with Crippen LogP contribution < -0.4 is 5.32 Å². The van der Waals surface area contributed by atoms with E-state index in [4.69, 9.17) is 4.74 Å². The summed E-state index contributed by atoms with van der Waals surface area (Å²) in [6.45, 7) is 3.25. The van der Waals surface area contributed by atoms with Crippen LogP contribution in [0.2, 0.25) is 0 Å². The minimum Gasteiger partial charge on any atom is -0.377 e. The molecule has 0 saturated carbocycles. The minimum absolute atomic E-state index is 0.400. The summed E-state index contributed by atoms with van der Waals surface area (Å²) in [5.41, 5.74) is 1.89. The molecule has 0 fully saturated rings. The van der Waals surface area contributed by atoms with Crippen LogP contribution in [0.5, 0.6) is 0 Å². The lowest BCUT2D eigenvalue weighted by atomic mass is 10.2. The van der Waals surface area contributed by atoms with Gasteiger partial charge in [-0.25, -0.2) is 9.97 Å². The number of ether oxygens (including phenoxy) is 1. The van der Waals surface area contributed by atoms with Crippen molar-refractivity contribution in [2.75, 3.05) is 19.0 Å². The molecule has 2 rings (SSSR count). The molecular weight excluding hydrogens is 228 g/mol. The fraction of sp³-hybridized carbons (Fsp3) is 0.308. The molecule has 5 heteroatoms. The van der Waals surface area contributed by atoms with Crippen molar-refractivity contribution in [3.8, 4) is 11.3 Å². The maximum absolute atomic E-state index is 5.09. The maximum Gasteiger partial charge on any atom is 0.157 e. The van der Waals surface area contributed by atoms with E-state index in [1.807, 2.05) is 25.1 Å². The molecule has 0 aliphatic rings. The summed E-state index contributed by atoms with van der Waals surface area (Å²) in [5.74, 6) is 1.48. The Labute approximate surface area is 106 Å². The van der Waals surface area contributed by atoms with Crippen LogP contribution in [0.25, 0.3) is 11.3 Å². The summed E-state index contributed by atoms with van der Waals surface area (Å²) in [5, 5.41) is 3.19. The maximum atomic E-state index is 5.09. The van der Waals surface area contributed by atoms with Crippen molar-refractivity contribution < 1.29 is 4.74 Å². The van der Waals surface area contributed by atoms with Crippen molar-refractivity contribution in [3.05, 3.63) is 36.4 Å². The quantitative estimate of drug-likeness (QED) is 0.873. The van der Waals surface area contributed by atoms with Crippen molar-refractivity contribution >= 4 is 5.82 Å². The first-order valence-corrected chi connectivity index (χ1v) is 5.84. The standard InChI is InChI=1S/C13H16N4O/c1-3-15-12-8-11(10-4-6-14-7-5-10)16-13(17-12)9-18-2/h4-8H,3,9H2,1-2H3,(H,15,16,17). The third kappa shape index (κ3) is 3.01. The van der Waals surface area contributed by atoms with Gasteiger partial charge in [0, 0.05) is 37.7 Å². The Morgan fingerprint density at radius 3 is 2.67 bits per heavy atom. The molecule has 0 saturated heterocycles. The molecule has 5 nitrogen and oxygen atoms in total. The van der Waals surface area contributed by atoms with E-state index in [1.165, 1.54) is 0 Å². The topological polar surface area (TPSA) is 59.9 Å². The normalized spacial score (nSPS) is 10.3. The third-order valence-electron chi connectivity index (χ3n) is 2.38. The van der Waals surface area contributed by atoms with Gasteiger partial charge in [-0.1, -0.05) is 0 Å². The van der Waals surface area contributed by atoms with Crippen molar-refractivity contribution in [3.63, 3.8) is 0 Å².